The maximum Gasteiger partial charge on any atom is 0.238 e. The van der Waals surface area contributed by atoms with E-state index >= 15 is 0 Å². The van der Waals surface area contributed by atoms with Gasteiger partial charge in [0, 0.05) is 21.2 Å². The number of nitrogens with two attached hydrogens (primary N) is 1. The predicted octanol–water partition coefficient (Wildman–Crippen LogP) is 3.92. The van der Waals surface area contributed by atoms with E-state index in [2.05, 4.69) is 21.2 Å². The highest BCUT2D eigenvalue weighted by Gasteiger charge is 2.12. The third kappa shape index (κ3) is 4.20. The van der Waals surface area contributed by atoms with Crippen LogP contribution in [0, 0.1) is 0 Å². The van der Waals surface area contributed by atoms with Gasteiger partial charge in [0.2, 0.25) is 10.0 Å². The molecule has 2 aromatic rings. The smallest absolute Gasteiger partial charge is 0.238 e. The first-order chi connectivity index (χ1) is 9.77. The summed E-state index contributed by atoms with van der Waals surface area (Å²) >= 11 is 9.33. The molecule has 1 unspecified atom stereocenters. The van der Waals surface area contributed by atoms with Crippen LogP contribution < -0.4 is 10.5 Å². The number of rotatable bonds is 4. The Morgan fingerprint density at radius 3 is 2.57 bits per heavy atom. The summed E-state index contributed by atoms with van der Waals surface area (Å²) in [6.45, 7) is 1.93. The Labute approximate surface area is 137 Å². The maximum atomic E-state index is 11.4. The monoisotopic (exact) mass is 388 g/mol. The number of hydrogen-bond acceptors (Lipinski definition) is 3. The van der Waals surface area contributed by atoms with Crippen molar-refractivity contribution in [3.05, 3.63) is 57.5 Å². The average Bonchev–Trinajstić information content (AvgIpc) is 2.41. The van der Waals surface area contributed by atoms with Gasteiger partial charge in [-0.15, -0.1) is 0 Å². The van der Waals surface area contributed by atoms with Gasteiger partial charge in [-0.1, -0.05) is 23.7 Å². The number of anilines is 1. The highest BCUT2D eigenvalue weighted by atomic mass is 79.9. The Kier molecular flexibility index (Phi) is 4.93. The fourth-order valence-corrected chi connectivity index (χ4v) is 3.25. The van der Waals surface area contributed by atoms with Gasteiger partial charge in [0.05, 0.1) is 4.90 Å². The van der Waals surface area contributed by atoms with E-state index in [0.717, 1.165) is 15.7 Å². The van der Waals surface area contributed by atoms with E-state index in [0.29, 0.717) is 5.02 Å². The first-order valence-electron chi connectivity index (χ1n) is 6.12. The molecule has 0 aliphatic heterocycles. The Morgan fingerprint density at radius 1 is 1.24 bits per heavy atom. The molecule has 21 heavy (non-hydrogen) atoms. The number of hydrogen-bond donors (Lipinski definition) is 2. The quantitative estimate of drug-likeness (QED) is 0.832. The van der Waals surface area contributed by atoms with Crippen LogP contribution in [0.2, 0.25) is 5.02 Å². The van der Waals surface area contributed by atoms with Crippen LogP contribution in [-0.4, -0.2) is 8.42 Å². The number of sulfonamides is 1. The van der Waals surface area contributed by atoms with Gasteiger partial charge in [0.1, 0.15) is 0 Å². The molecule has 0 amide bonds. The lowest BCUT2D eigenvalue weighted by molar-refractivity contribution is 0.597. The molecule has 0 saturated carbocycles. The molecule has 7 heteroatoms. The molecule has 3 N–H and O–H groups in total. The lowest BCUT2D eigenvalue weighted by Gasteiger charge is -2.17. The molecule has 0 aliphatic carbocycles. The molecule has 0 radical (unpaired) electrons. The Hall–Kier alpha value is -1.08. The second kappa shape index (κ2) is 6.36. The van der Waals surface area contributed by atoms with Gasteiger partial charge in [-0.2, -0.15) is 0 Å². The van der Waals surface area contributed by atoms with E-state index in [1.54, 1.807) is 24.3 Å². The van der Waals surface area contributed by atoms with Crippen LogP contribution in [0.3, 0.4) is 0 Å². The highest BCUT2D eigenvalue weighted by molar-refractivity contribution is 9.10. The van der Waals surface area contributed by atoms with Crippen LogP contribution in [0.15, 0.2) is 51.8 Å². The van der Waals surface area contributed by atoms with Gasteiger partial charge in [0.25, 0.3) is 0 Å². The van der Waals surface area contributed by atoms with Crippen molar-refractivity contribution in [2.45, 2.75) is 17.9 Å². The van der Waals surface area contributed by atoms with Crippen LogP contribution in [0.25, 0.3) is 0 Å². The van der Waals surface area contributed by atoms with E-state index in [-0.39, 0.29) is 10.9 Å². The lowest BCUT2D eigenvalue weighted by atomic mass is 10.1. The molecule has 0 aliphatic rings. The second-order valence-corrected chi connectivity index (χ2v) is 7.46. The lowest BCUT2D eigenvalue weighted by Crippen LogP contribution is -2.13. The first-order valence-corrected chi connectivity index (χ1v) is 8.83. The van der Waals surface area contributed by atoms with Crippen molar-refractivity contribution in [2.24, 2.45) is 5.14 Å². The van der Waals surface area contributed by atoms with E-state index in [1.807, 2.05) is 19.1 Å². The van der Waals surface area contributed by atoms with Crippen molar-refractivity contribution >= 4 is 43.2 Å². The summed E-state index contributed by atoms with van der Waals surface area (Å²) < 4.78 is 23.6. The Bertz CT molecular complexity index is 765. The van der Waals surface area contributed by atoms with Crippen LogP contribution in [0.4, 0.5) is 5.69 Å². The van der Waals surface area contributed by atoms with Gasteiger partial charge in [-0.3, -0.25) is 0 Å². The normalized spacial score (nSPS) is 13.0. The largest absolute Gasteiger partial charge is 0.378 e. The molecule has 2 aromatic carbocycles. The van der Waals surface area contributed by atoms with Crippen molar-refractivity contribution in [2.75, 3.05) is 5.32 Å². The molecule has 112 valence electrons. The zero-order valence-electron chi connectivity index (χ0n) is 11.2. The van der Waals surface area contributed by atoms with Crippen LogP contribution in [0.1, 0.15) is 18.5 Å². The summed E-state index contributed by atoms with van der Waals surface area (Å²) in [6.07, 6.45) is 0. The summed E-state index contributed by atoms with van der Waals surface area (Å²) in [6, 6.07) is 11.9. The number of nitrogens with one attached hydrogen (secondary N) is 1. The van der Waals surface area contributed by atoms with Gasteiger partial charge < -0.3 is 5.32 Å². The van der Waals surface area contributed by atoms with Crippen LogP contribution in [-0.2, 0) is 10.0 Å². The molecular formula is C14H14BrClN2O2S. The minimum Gasteiger partial charge on any atom is -0.378 e. The summed E-state index contributed by atoms with van der Waals surface area (Å²) in [4.78, 5) is 0.101. The zero-order valence-corrected chi connectivity index (χ0v) is 14.3. The number of primary sulfonamides is 1. The van der Waals surface area contributed by atoms with E-state index in [4.69, 9.17) is 16.7 Å². The minimum atomic E-state index is -3.70. The topological polar surface area (TPSA) is 72.2 Å². The van der Waals surface area contributed by atoms with E-state index in [9.17, 15) is 8.42 Å². The maximum absolute atomic E-state index is 11.4. The van der Waals surface area contributed by atoms with E-state index < -0.39 is 10.0 Å². The predicted molar refractivity (Wildman–Crippen MR) is 89.0 cm³/mol. The minimum absolute atomic E-state index is 0.0934. The molecule has 0 aromatic heterocycles. The van der Waals surface area contributed by atoms with Crippen molar-refractivity contribution in [3.8, 4) is 0 Å². The van der Waals surface area contributed by atoms with Crippen molar-refractivity contribution in [3.63, 3.8) is 0 Å². The molecule has 2 rings (SSSR count). The molecule has 0 saturated heterocycles. The van der Waals surface area contributed by atoms with E-state index in [1.165, 1.54) is 6.07 Å². The second-order valence-electron chi connectivity index (χ2n) is 4.61. The highest BCUT2D eigenvalue weighted by Crippen LogP contribution is 2.29. The Balaban J connectivity index is 2.26. The third-order valence-corrected chi connectivity index (χ3v) is 4.79. The van der Waals surface area contributed by atoms with Crippen LogP contribution in [0.5, 0.6) is 0 Å². The molecule has 1 atom stereocenters. The summed E-state index contributed by atoms with van der Waals surface area (Å²) in [5.41, 5.74) is 1.69. The van der Waals surface area contributed by atoms with Gasteiger partial charge >= 0.3 is 0 Å². The number of benzene rings is 2. The van der Waals surface area contributed by atoms with Crippen molar-refractivity contribution < 1.29 is 8.42 Å². The summed E-state index contributed by atoms with van der Waals surface area (Å²) in [5.74, 6) is 0. The molecule has 0 fully saturated rings. The molecule has 0 bridgehead atoms. The fourth-order valence-electron chi connectivity index (χ4n) is 1.88. The van der Waals surface area contributed by atoms with Crippen molar-refractivity contribution in [1.82, 2.24) is 0 Å². The molecule has 0 spiro atoms. The average molecular weight is 390 g/mol. The first kappa shape index (κ1) is 16.3. The molecule has 0 heterocycles. The number of halogens is 2. The van der Waals surface area contributed by atoms with Crippen LogP contribution >= 0.6 is 27.5 Å². The van der Waals surface area contributed by atoms with Gasteiger partial charge in [0.15, 0.2) is 0 Å². The van der Waals surface area contributed by atoms with Gasteiger partial charge in [-0.25, -0.2) is 13.6 Å². The van der Waals surface area contributed by atoms with Crippen molar-refractivity contribution in [1.29, 1.82) is 0 Å². The zero-order chi connectivity index (χ0) is 15.6. The Morgan fingerprint density at radius 2 is 1.95 bits per heavy atom. The third-order valence-electron chi connectivity index (χ3n) is 2.99. The van der Waals surface area contributed by atoms with Gasteiger partial charge in [-0.05, 0) is 58.7 Å². The molecular weight excluding hydrogens is 376 g/mol. The molecule has 4 nitrogen and oxygen atoms in total. The SMILES string of the molecule is CC(Nc1ccc(Cl)cc1Br)c1cccc(S(N)(=O)=O)c1. The summed E-state index contributed by atoms with van der Waals surface area (Å²) in [7, 11) is -3.70. The standard InChI is InChI=1S/C14H14BrClN2O2S/c1-9(18-14-6-5-11(16)8-13(14)15)10-3-2-4-12(7-10)21(17,19)20/h2-9,18H,1H3,(H2,17,19,20). The fraction of sp³-hybridized carbons (Fsp3) is 0.143. The summed E-state index contributed by atoms with van der Waals surface area (Å²) in [5, 5.41) is 9.08.